The van der Waals surface area contributed by atoms with Crippen LogP contribution in [0.5, 0.6) is 5.75 Å². The lowest BCUT2D eigenvalue weighted by Crippen LogP contribution is -2.10. The van der Waals surface area contributed by atoms with E-state index in [9.17, 15) is 0 Å². The molecule has 1 aromatic carbocycles. The molecule has 1 aliphatic rings. The van der Waals surface area contributed by atoms with Crippen molar-refractivity contribution in [2.24, 2.45) is 0 Å². The number of para-hydroxylation sites is 1. The van der Waals surface area contributed by atoms with Gasteiger partial charge in [0.2, 0.25) is 0 Å². The van der Waals surface area contributed by atoms with Crippen LogP contribution in [0.3, 0.4) is 0 Å². The molecule has 0 N–H and O–H groups in total. The Kier molecular flexibility index (Phi) is 1.57. The summed E-state index contributed by atoms with van der Waals surface area (Å²) in [4.78, 5) is 0. The first-order valence-corrected chi connectivity index (χ1v) is 3.94. The highest BCUT2D eigenvalue weighted by molar-refractivity contribution is 5.37. The van der Waals surface area contributed by atoms with Crippen LogP contribution in [0.4, 0.5) is 0 Å². The van der Waals surface area contributed by atoms with E-state index in [4.69, 9.17) is 4.74 Å². The highest BCUT2D eigenvalue weighted by atomic mass is 16.5. The maximum atomic E-state index is 5.59. The van der Waals surface area contributed by atoms with Crippen molar-refractivity contribution in [1.82, 2.24) is 0 Å². The normalized spacial score (nSPS) is 21.0. The van der Waals surface area contributed by atoms with Crippen molar-refractivity contribution < 1.29 is 4.74 Å². The Morgan fingerprint density at radius 2 is 2.27 bits per heavy atom. The Morgan fingerprint density at radius 3 is 3.00 bits per heavy atom. The summed E-state index contributed by atoms with van der Waals surface area (Å²) < 4.78 is 5.59. The zero-order valence-corrected chi connectivity index (χ0v) is 6.42. The van der Waals surface area contributed by atoms with E-state index in [1.165, 1.54) is 5.56 Å². The summed E-state index contributed by atoms with van der Waals surface area (Å²) >= 11 is 0. The molecule has 0 amide bonds. The zero-order valence-electron chi connectivity index (χ0n) is 6.42. The predicted octanol–water partition coefficient (Wildman–Crippen LogP) is 2.21. The van der Waals surface area contributed by atoms with Gasteiger partial charge in [0.05, 0.1) is 0 Å². The molecule has 57 valence electrons. The summed E-state index contributed by atoms with van der Waals surface area (Å²) in [5, 5.41) is 0. The molecular weight excluding hydrogens is 136 g/mol. The minimum absolute atomic E-state index is 0.312. The second kappa shape index (κ2) is 2.57. The molecule has 1 unspecified atom stereocenters. The van der Waals surface area contributed by atoms with Gasteiger partial charge in [-0.15, -0.1) is 0 Å². The summed E-state index contributed by atoms with van der Waals surface area (Å²) in [6.07, 6.45) is 2.20. The summed E-state index contributed by atoms with van der Waals surface area (Å²) in [6, 6.07) is 8.19. The fraction of sp³-hybridized carbons (Fsp3) is 0.300. The lowest BCUT2D eigenvalue weighted by molar-refractivity contribution is 0.236. The Balaban J connectivity index is 2.27. The van der Waals surface area contributed by atoms with Gasteiger partial charge in [0, 0.05) is 6.42 Å². The van der Waals surface area contributed by atoms with Gasteiger partial charge in [-0.3, -0.25) is 0 Å². The molecule has 0 aromatic heterocycles. The Bertz CT molecular complexity index is 230. The van der Waals surface area contributed by atoms with Crippen molar-refractivity contribution in [3.8, 4) is 5.75 Å². The molecule has 1 nitrogen and oxygen atoms in total. The summed E-state index contributed by atoms with van der Waals surface area (Å²) in [7, 11) is 0. The third-order valence-corrected chi connectivity index (χ3v) is 2.04. The van der Waals surface area contributed by atoms with Crippen molar-refractivity contribution in [2.45, 2.75) is 18.9 Å². The van der Waals surface area contributed by atoms with Crippen LogP contribution in [0, 0.1) is 6.92 Å². The largest absolute Gasteiger partial charge is 0.490 e. The maximum Gasteiger partial charge on any atom is 0.123 e. The number of hydrogen-bond acceptors (Lipinski definition) is 1. The highest BCUT2D eigenvalue weighted by Crippen LogP contribution is 2.28. The van der Waals surface area contributed by atoms with E-state index in [1.54, 1.807) is 0 Å². The molecule has 1 radical (unpaired) electrons. The first-order chi connectivity index (χ1) is 5.40. The van der Waals surface area contributed by atoms with Gasteiger partial charge in [-0.2, -0.15) is 0 Å². The molecule has 1 heterocycles. The fourth-order valence-corrected chi connectivity index (χ4v) is 1.41. The van der Waals surface area contributed by atoms with Crippen LogP contribution in [0.2, 0.25) is 0 Å². The quantitative estimate of drug-likeness (QED) is 0.591. The zero-order chi connectivity index (χ0) is 7.68. The molecule has 0 bridgehead atoms. The molecule has 0 spiro atoms. The predicted molar refractivity (Wildman–Crippen MR) is 44.5 cm³/mol. The van der Waals surface area contributed by atoms with Crippen LogP contribution < -0.4 is 4.74 Å². The van der Waals surface area contributed by atoms with Crippen LogP contribution in [0.15, 0.2) is 24.3 Å². The third kappa shape index (κ3) is 1.11. The summed E-state index contributed by atoms with van der Waals surface area (Å²) in [6.45, 7) is 3.83. The van der Waals surface area contributed by atoms with E-state index in [0.29, 0.717) is 6.10 Å². The standard InChI is InChI=1S/C10H11O/c1-2-9-7-8-5-3-4-6-10(8)11-9/h3-6,9H,1-2,7H2. The van der Waals surface area contributed by atoms with Gasteiger partial charge in [-0.05, 0) is 25.0 Å². The Morgan fingerprint density at radius 1 is 1.45 bits per heavy atom. The van der Waals surface area contributed by atoms with E-state index in [0.717, 1.165) is 18.6 Å². The monoisotopic (exact) mass is 147 g/mol. The molecular formula is C10H11O. The SMILES string of the molecule is [CH2]CC1Cc2ccccc2O1. The maximum absolute atomic E-state index is 5.59. The molecule has 0 saturated carbocycles. The van der Waals surface area contributed by atoms with Crippen molar-refractivity contribution >= 4 is 0 Å². The number of ether oxygens (including phenoxy) is 1. The fourth-order valence-electron chi connectivity index (χ4n) is 1.41. The summed E-state index contributed by atoms with van der Waals surface area (Å²) in [5.74, 6) is 1.04. The Hall–Kier alpha value is -0.980. The first-order valence-electron chi connectivity index (χ1n) is 3.94. The first kappa shape index (κ1) is 6.71. The van der Waals surface area contributed by atoms with E-state index in [1.807, 2.05) is 18.2 Å². The molecule has 0 saturated heterocycles. The van der Waals surface area contributed by atoms with Gasteiger partial charge in [0.25, 0.3) is 0 Å². The average Bonchev–Trinajstić information content (AvgIpc) is 2.46. The molecule has 0 fully saturated rings. The molecule has 2 rings (SSSR count). The van der Waals surface area contributed by atoms with Gasteiger partial charge < -0.3 is 4.74 Å². The smallest absolute Gasteiger partial charge is 0.123 e. The average molecular weight is 147 g/mol. The van der Waals surface area contributed by atoms with Gasteiger partial charge in [0.1, 0.15) is 11.9 Å². The lowest BCUT2D eigenvalue weighted by Gasteiger charge is -2.05. The molecule has 1 heteroatoms. The lowest BCUT2D eigenvalue weighted by atomic mass is 10.1. The van der Waals surface area contributed by atoms with Gasteiger partial charge >= 0.3 is 0 Å². The molecule has 1 atom stereocenters. The van der Waals surface area contributed by atoms with Gasteiger partial charge in [-0.1, -0.05) is 18.2 Å². The topological polar surface area (TPSA) is 9.23 Å². The van der Waals surface area contributed by atoms with Crippen molar-refractivity contribution in [1.29, 1.82) is 0 Å². The van der Waals surface area contributed by atoms with E-state index in [-0.39, 0.29) is 0 Å². The van der Waals surface area contributed by atoms with Crippen LogP contribution in [0.25, 0.3) is 0 Å². The van der Waals surface area contributed by atoms with Crippen LogP contribution in [0.1, 0.15) is 12.0 Å². The van der Waals surface area contributed by atoms with E-state index < -0.39 is 0 Å². The minimum atomic E-state index is 0.312. The third-order valence-electron chi connectivity index (χ3n) is 2.04. The molecule has 1 aliphatic heterocycles. The Labute approximate surface area is 67.0 Å². The number of rotatable bonds is 1. The van der Waals surface area contributed by atoms with Crippen molar-refractivity contribution in [2.75, 3.05) is 0 Å². The van der Waals surface area contributed by atoms with Gasteiger partial charge in [-0.25, -0.2) is 0 Å². The summed E-state index contributed by atoms with van der Waals surface area (Å²) in [5.41, 5.74) is 1.32. The molecule has 11 heavy (non-hydrogen) atoms. The number of hydrogen-bond donors (Lipinski definition) is 0. The van der Waals surface area contributed by atoms with Crippen LogP contribution in [-0.2, 0) is 6.42 Å². The second-order valence-corrected chi connectivity index (χ2v) is 2.84. The van der Waals surface area contributed by atoms with E-state index in [2.05, 4.69) is 13.0 Å². The minimum Gasteiger partial charge on any atom is -0.490 e. The molecule has 0 aliphatic carbocycles. The highest BCUT2D eigenvalue weighted by Gasteiger charge is 2.19. The number of fused-ring (bicyclic) bond motifs is 1. The van der Waals surface area contributed by atoms with Crippen molar-refractivity contribution in [3.05, 3.63) is 36.8 Å². The van der Waals surface area contributed by atoms with Gasteiger partial charge in [0.15, 0.2) is 0 Å². The number of benzene rings is 1. The van der Waals surface area contributed by atoms with Crippen molar-refractivity contribution in [3.63, 3.8) is 0 Å². The van der Waals surface area contributed by atoms with Crippen LogP contribution >= 0.6 is 0 Å². The van der Waals surface area contributed by atoms with E-state index >= 15 is 0 Å². The second-order valence-electron chi connectivity index (χ2n) is 2.84. The van der Waals surface area contributed by atoms with Crippen LogP contribution in [-0.4, -0.2) is 6.10 Å². The molecule has 1 aromatic rings.